The van der Waals surface area contributed by atoms with Gasteiger partial charge in [-0.1, -0.05) is 11.6 Å². The highest BCUT2D eigenvalue weighted by Crippen LogP contribution is 2.38. The molecule has 2 fully saturated rings. The Balaban J connectivity index is 1.64. The molecule has 154 valence electrons. The van der Waals surface area contributed by atoms with Gasteiger partial charge in [0.25, 0.3) is 0 Å². The molecule has 8 heteroatoms. The molecule has 0 saturated carbocycles. The van der Waals surface area contributed by atoms with Gasteiger partial charge in [0, 0.05) is 23.4 Å². The van der Waals surface area contributed by atoms with E-state index in [4.69, 9.17) is 25.8 Å². The number of nitrogens with zero attached hydrogens (tertiary/aromatic N) is 1. The zero-order chi connectivity index (χ0) is 20.4. The monoisotopic (exact) mass is 423 g/mol. The van der Waals surface area contributed by atoms with Crippen LogP contribution in [0.25, 0.3) is 0 Å². The lowest BCUT2D eigenvalue weighted by Gasteiger charge is -2.27. The van der Waals surface area contributed by atoms with Gasteiger partial charge in [-0.25, -0.2) is 13.6 Å². The van der Waals surface area contributed by atoms with Crippen LogP contribution in [0, 0.1) is 11.6 Å². The summed E-state index contributed by atoms with van der Waals surface area (Å²) in [4.78, 5) is 14.0. The lowest BCUT2D eigenvalue weighted by Crippen LogP contribution is -2.33. The van der Waals surface area contributed by atoms with Gasteiger partial charge in [-0.15, -0.1) is 0 Å². The number of carbonyl (C=O) groups is 1. The van der Waals surface area contributed by atoms with Crippen LogP contribution in [0.1, 0.15) is 30.9 Å². The molecule has 0 aliphatic carbocycles. The summed E-state index contributed by atoms with van der Waals surface area (Å²) in [5.74, 6) is -1.46. The standard InChI is InChI=1S/C21H20ClF2NO4/c22-14-4-6-17(7-5-14)25-20(13-9-15(23)11-16(24)10-13)18(29-21(25)26)12-28-19-3-1-2-8-27-19/h4-7,9-11,18-20H,1-3,8,12H2/t18-,19?,20-/m0/s1. The number of hydrogen-bond donors (Lipinski definition) is 0. The Kier molecular flexibility index (Phi) is 5.99. The molecule has 2 saturated heterocycles. The summed E-state index contributed by atoms with van der Waals surface area (Å²) in [6, 6.07) is 8.98. The first-order valence-electron chi connectivity index (χ1n) is 9.46. The van der Waals surface area contributed by atoms with Crippen molar-refractivity contribution in [2.75, 3.05) is 18.1 Å². The van der Waals surface area contributed by atoms with Crippen LogP contribution in [-0.4, -0.2) is 31.7 Å². The molecule has 0 aromatic heterocycles. The highest BCUT2D eigenvalue weighted by atomic mass is 35.5. The topological polar surface area (TPSA) is 48.0 Å². The Morgan fingerprint density at radius 2 is 1.83 bits per heavy atom. The van der Waals surface area contributed by atoms with Gasteiger partial charge in [0.15, 0.2) is 12.4 Å². The third kappa shape index (κ3) is 4.52. The number of hydrogen-bond acceptors (Lipinski definition) is 4. The summed E-state index contributed by atoms with van der Waals surface area (Å²) in [5, 5.41) is 0.504. The van der Waals surface area contributed by atoms with Gasteiger partial charge in [-0.05, 0) is 61.2 Å². The van der Waals surface area contributed by atoms with Crippen LogP contribution in [0.15, 0.2) is 42.5 Å². The number of amides is 1. The zero-order valence-corrected chi connectivity index (χ0v) is 16.3. The average molecular weight is 424 g/mol. The lowest BCUT2D eigenvalue weighted by atomic mass is 10.00. The quantitative estimate of drug-likeness (QED) is 0.660. The molecular weight excluding hydrogens is 404 g/mol. The highest BCUT2D eigenvalue weighted by molar-refractivity contribution is 6.30. The van der Waals surface area contributed by atoms with E-state index in [0.717, 1.165) is 25.3 Å². The van der Waals surface area contributed by atoms with Crippen molar-refractivity contribution in [3.8, 4) is 0 Å². The molecule has 5 nitrogen and oxygen atoms in total. The number of carbonyl (C=O) groups excluding carboxylic acids is 1. The van der Waals surface area contributed by atoms with Crippen molar-refractivity contribution in [1.82, 2.24) is 0 Å². The van der Waals surface area contributed by atoms with Crippen molar-refractivity contribution in [2.45, 2.75) is 37.7 Å². The second kappa shape index (κ2) is 8.65. The molecule has 2 aliphatic rings. The van der Waals surface area contributed by atoms with Crippen LogP contribution < -0.4 is 4.90 Å². The first-order valence-corrected chi connectivity index (χ1v) is 9.83. The van der Waals surface area contributed by atoms with Crippen molar-refractivity contribution >= 4 is 23.4 Å². The van der Waals surface area contributed by atoms with Crippen molar-refractivity contribution in [1.29, 1.82) is 0 Å². The van der Waals surface area contributed by atoms with Crippen LogP contribution in [-0.2, 0) is 14.2 Å². The zero-order valence-electron chi connectivity index (χ0n) is 15.5. The normalized spacial score (nSPS) is 24.6. The molecule has 0 bridgehead atoms. The van der Waals surface area contributed by atoms with Gasteiger partial charge in [0.1, 0.15) is 17.7 Å². The minimum atomic E-state index is -0.766. The van der Waals surface area contributed by atoms with Crippen molar-refractivity contribution in [3.63, 3.8) is 0 Å². The molecule has 2 aromatic rings. The minimum Gasteiger partial charge on any atom is -0.441 e. The molecule has 0 radical (unpaired) electrons. The third-order valence-electron chi connectivity index (χ3n) is 4.99. The van der Waals surface area contributed by atoms with Gasteiger partial charge in [0.2, 0.25) is 0 Å². The molecule has 1 unspecified atom stereocenters. The van der Waals surface area contributed by atoms with Crippen LogP contribution in [0.3, 0.4) is 0 Å². The molecule has 29 heavy (non-hydrogen) atoms. The maximum atomic E-state index is 13.9. The summed E-state index contributed by atoms with van der Waals surface area (Å²) >= 11 is 5.95. The molecule has 0 N–H and O–H groups in total. The minimum absolute atomic E-state index is 0.0449. The van der Waals surface area contributed by atoms with Gasteiger partial charge >= 0.3 is 6.09 Å². The molecule has 4 rings (SSSR count). The second-order valence-corrected chi connectivity index (χ2v) is 7.48. The Morgan fingerprint density at radius 1 is 1.10 bits per heavy atom. The van der Waals surface area contributed by atoms with E-state index in [9.17, 15) is 13.6 Å². The van der Waals surface area contributed by atoms with Gasteiger partial charge < -0.3 is 14.2 Å². The van der Waals surface area contributed by atoms with Gasteiger partial charge in [-0.2, -0.15) is 0 Å². The van der Waals surface area contributed by atoms with Crippen LogP contribution >= 0.6 is 11.6 Å². The first-order chi connectivity index (χ1) is 14.0. The summed E-state index contributed by atoms with van der Waals surface area (Å²) in [6.07, 6.45) is 0.959. The predicted octanol–water partition coefficient (Wildman–Crippen LogP) is 5.23. The van der Waals surface area contributed by atoms with Gasteiger partial charge in [0.05, 0.1) is 6.61 Å². The number of ether oxygens (including phenoxy) is 3. The van der Waals surface area contributed by atoms with E-state index in [1.54, 1.807) is 24.3 Å². The Morgan fingerprint density at radius 3 is 2.48 bits per heavy atom. The van der Waals surface area contributed by atoms with E-state index >= 15 is 0 Å². The molecule has 1 amide bonds. The molecule has 2 aromatic carbocycles. The third-order valence-corrected chi connectivity index (χ3v) is 5.25. The van der Waals surface area contributed by atoms with Crippen LogP contribution in [0.5, 0.6) is 0 Å². The van der Waals surface area contributed by atoms with E-state index < -0.39 is 29.9 Å². The van der Waals surface area contributed by atoms with E-state index in [2.05, 4.69) is 0 Å². The predicted molar refractivity (Wildman–Crippen MR) is 103 cm³/mol. The van der Waals surface area contributed by atoms with Crippen molar-refractivity contribution in [3.05, 3.63) is 64.7 Å². The summed E-state index contributed by atoms with van der Waals surface area (Å²) in [5.41, 5.74) is 0.784. The number of benzene rings is 2. The fourth-order valence-corrected chi connectivity index (χ4v) is 3.80. The second-order valence-electron chi connectivity index (χ2n) is 7.05. The number of cyclic esters (lactones) is 1. The molecule has 3 atom stereocenters. The van der Waals surface area contributed by atoms with E-state index in [1.165, 1.54) is 17.0 Å². The van der Waals surface area contributed by atoms with Crippen LogP contribution in [0.4, 0.5) is 19.3 Å². The SMILES string of the molecule is O=C1O[C@@H](COC2CCCCO2)[C@H](c2cc(F)cc(F)c2)N1c1ccc(Cl)cc1. The Bertz CT molecular complexity index is 853. The number of halogens is 3. The first kappa shape index (κ1) is 20.1. The highest BCUT2D eigenvalue weighted by Gasteiger charge is 2.44. The number of anilines is 1. The Labute approximate surface area is 172 Å². The van der Waals surface area contributed by atoms with E-state index in [-0.39, 0.29) is 18.5 Å². The van der Waals surface area contributed by atoms with Gasteiger partial charge in [-0.3, -0.25) is 4.90 Å². The summed E-state index contributed by atoms with van der Waals surface area (Å²) < 4.78 is 44.7. The molecule has 0 spiro atoms. The summed E-state index contributed by atoms with van der Waals surface area (Å²) in [7, 11) is 0. The molecule has 2 heterocycles. The van der Waals surface area contributed by atoms with Crippen molar-refractivity contribution < 1.29 is 27.8 Å². The maximum Gasteiger partial charge on any atom is 0.415 e. The fraction of sp³-hybridized carbons (Fsp3) is 0.381. The van der Waals surface area contributed by atoms with E-state index in [1.807, 2.05) is 0 Å². The Hall–Kier alpha value is -2.22. The lowest BCUT2D eigenvalue weighted by molar-refractivity contribution is -0.174. The fourth-order valence-electron chi connectivity index (χ4n) is 3.68. The summed E-state index contributed by atoms with van der Waals surface area (Å²) in [6.45, 7) is 0.661. The van der Waals surface area contributed by atoms with Crippen LogP contribution in [0.2, 0.25) is 5.02 Å². The number of rotatable bonds is 5. The smallest absolute Gasteiger partial charge is 0.415 e. The maximum absolute atomic E-state index is 13.9. The average Bonchev–Trinajstić information content (AvgIpc) is 3.03. The largest absolute Gasteiger partial charge is 0.441 e. The van der Waals surface area contributed by atoms with E-state index in [0.29, 0.717) is 17.3 Å². The molecule has 2 aliphatic heterocycles. The van der Waals surface area contributed by atoms with Crippen molar-refractivity contribution in [2.24, 2.45) is 0 Å². The molecular formula is C21H20ClF2NO4.